The Labute approximate surface area is 92.6 Å². The highest BCUT2D eigenvalue weighted by Crippen LogP contribution is 2.16. The molecular formula is C13H21NO. The van der Waals surface area contributed by atoms with Gasteiger partial charge in [-0.15, -0.1) is 0 Å². The number of unbranched alkanes of at least 4 members (excludes halogenated alkanes) is 1. The van der Waals surface area contributed by atoms with E-state index in [1.54, 1.807) is 7.11 Å². The topological polar surface area (TPSA) is 21.3 Å². The van der Waals surface area contributed by atoms with Gasteiger partial charge in [0.1, 0.15) is 5.75 Å². The number of hydrogen-bond donors (Lipinski definition) is 1. The van der Waals surface area contributed by atoms with E-state index in [-0.39, 0.29) is 0 Å². The van der Waals surface area contributed by atoms with Crippen LogP contribution in [-0.2, 0) is 0 Å². The van der Waals surface area contributed by atoms with Gasteiger partial charge in [-0.3, -0.25) is 0 Å². The molecule has 1 rings (SSSR count). The molecule has 0 amide bonds. The molecule has 2 nitrogen and oxygen atoms in total. The van der Waals surface area contributed by atoms with Crippen molar-refractivity contribution in [3.8, 4) is 5.75 Å². The van der Waals surface area contributed by atoms with E-state index in [1.807, 2.05) is 12.1 Å². The molecule has 0 saturated carbocycles. The van der Waals surface area contributed by atoms with Gasteiger partial charge in [0.15, 0.2) is 0 Å². The van der Waals surface area contributed by atoms with E-state index in [9.17, 15) is 0 Å². The van der Waals surface area contributed by atoms with Crippen molar-refractivity contribution in [3.63, 3.8) is 0 Å². The summed E-state index contributed by atoms with van der Waals surface area (Å²) in [6.45, 7) is 5.49. The smallest absolute Gasteiger partial charge is 0.118 e. The van der Waals surface area contributed by atoms with Gasteiger partial charge in [0.2, 0.25) is 0 Å². The highest BCUT2D eigenvalue weighted by Gasteiger charge is 2.03. The Morgan fingerprint density at radius 1 is 1.27 bits per heavy atom. The predicted octanol–water partition coefficient (Wildman–Crippen LogP) is 3.15. The molecule has 2 heteroatoms. The van der Waals surface area contributed by atoms with Gasteiger partial charge in [0, 0.05) is 6.04 Å². The molecule has 0 heterocycles. The van der Waals surface area contributed by atoms with Gasteiger partial charge in [-0.25, -0.2) is 0 Å². The molecule has 0 aliphatic rings. The maximum absolute atomic E-state index is 5.13. The highest BCUT2D eigenvalue weighted by molar-refractivity contribution is 5.28. The summed E-state index contributed by atoms with van der Waals surface area (Å²) >= 11 is 0. The summed E-state index contributed by atoms with van der Waals surface area (Å²) in [5, 5.41) is 3.50. The first-order valence-corrected chi connectivity index (χ1v) is 5.65. The Kier molecular flexibility index (Phi) is 5.19. The van der Waals surface area contributed by atoms with Crippen LogP contribution in [0.25, 0.3) is 0 Å². The standard InChI is InChI=1S/C13H21NO/c1-4-5-10-14-11(2)12-6-8-13(15-3)9-7-12/h6-9,11,14H,4-5,10H2,1-3H3. The van der Waals surface area contributed by atoms with Gasteiger partial charge in [-0.05, 0) is 37.6 Å². The molecule has 1 atom stereocenters. The first-order valence-electron chi connectivity index (χ1n) is 5.65. The molecule has 0 bridgehead atoms. The van der Waals surface area contributed by atoms with E-state index in [2.05, 4.69) is 31.3 Å². The lowest BCUT2D eigenvalue weighted by Gasteiger charge is -2.14. The summed E-state index contributed by atoms with van der Waals surface area (Å²) in [4.78, 5) is 0. The van der Waals surface area contributed by atoms with Gasteiger partial charge in [0.05, 0.1) is 7.11 Å². The van der Waals surface area contributed by atoms with E-state index in [1.165, 1.54) is 18.4 Å². The van der Waals surface area contributed by atoms with E-state index in [4.69, 9.17) is 4.74 Å². The lowest BCUT2D eigenvalue weighted by atomic mass is 10.1. The molecule has 0 radical (unpaired) electrons. The lowest BCUT2D eigenvalue weighted by Crippen LogP contribution is -2.19. The molecular weight excluding hydrogens is 186 g/mol. The number of benzene rings is 1. The number of hydrogen-bond acceptors (Lipinski definition) is 2. The zero-order valence-electron chi connectivity index (χ0n) is 9.92. The molecule has 1 aromatic carbocycles. The summed E-state index contributed by atoms with van der Waals surface area (Å²) < 4.78 is 5.13. The molecule has 15 heavy (non-hydrogen) atoms. The third kappa shape index (κ3) is 3.92. The average molecular weight is 207 g/mol. The molecule has 0 aliphatic heterocycles. The summed E-state index contributed by atoms with van der Waals surface area (Å²) in [6, 6.07) is 8.66. The van der Waals surface area contributed by atoms with Crippen LogP contribution in [0, 0.1) is 0 Å². The number of nitrogens with one attached hydrogen (secondary N) is 1. The molecule has 0 saturated heterocycles. The van der Waals surface area contributed by atoms with Crippen LogP contribution >= 0.6 is 0 Å². The molecule has 0 aromatic heterocycles. The van der Waals surface area contributed by atoms with Gasteiger partial charge < -0.3 is 10.1 Å². The molecule has 0 fully saturated rings. The SMILES string of the molecule is CCCCNC(C)c1ccc(OC)cc1. The number of rotatable bonds is 6. The zero-order chi connectivity index (χ0) is 11.1. The van der Waals surface area contributed by atoms with Crippen molar-refractivity contribution < 1.29 is 4.74 Å². The van der Waals surface area contributed by atoms with Crippen molar-refractivity contribution in [2.45, 2.75) is 32.7 Å². The maximum Gasteiger partial charge on any atom is 0.118 e. The Hall–Kier alpha value is -1.02. The third-order valence-electron chi connectivity index (χ3n) is 2.60. The van der Waals surface area contributed by atoms with E-state index >= 15 is 0 Å². The second kappa shape index (κ2) is 6.46. The normalized spacial score (nSPS) is 12.5. The molecule has 1 aromatic rings. The van der Waals surface area contributed by atoms with Gasteiger partial charge >= 0.3 is 0 Å². The van der Waals surface area contributed by atoms with Crippen molar-refractivity contribution >= 4 is 0 Å². The van der Waals surface area contributed by atoms with Crippen molar-refractivity contribution in [2.24, 2.45) is 0 Å². The first kappa shape index (κ1) is 12.1. The van der Waals surface area contributed by atoms with Gasteiger partial charge in [0.25, 0.3) is 0 Å². The molecule has 0 spiro atoms. The summed E-state index contributed by atoms with van der Waals surface area (Å²) in [5.41, 5.74) is 1.31. The van der Waals surface area contributed by atoms with Crippen molar-refractivity contribution in [1.29, 1.82) is 0 Å². The Morgan fingerprint density at radius 3 is 2.47 bits per heavy atom. The quantitative estimate of drug-likeness (QED) is 0.723. The minimum absolute atomic E-state index is 0.419. The van der Waals surface area contributed by atoms with Crippen LogP contribution in [0.15, 0.2) is 24.3 Å². The van der Waals surface area contributed by atoms with Crippen LogP contribution in [0.4, 0.5) is 0 Å². The lowest BCUT2D eigenvalue weighted by molar-refractivity contribution is 0.414. The Bertz CT molecular complexity index is 268. The fraction of sp³-hybridized carbons (Fsp3) is 0.538. The van der Waals surface area contributed by atoms with E-state index in [0.717, 1.165) is 12.3 Å². The maximum atomic E-state index is 5.13. The van der Waals surface area contributed by atoms with Crippen LogP contribution in [0.1, 0.15) is 38.3 Å². The zero-order valence-corrected chi connectivity index (χ0v) is 9.92. The number of methoxy groups -OCH3 is 1. The van der Waals surface area contributed by atoms with E-state index < -0.39 is 0 Å². The monoisotopic (exact) mass is 207 g/mol. The fourth-order valence-electron chi connectivity index (χ4n) is 1.51. The fourth-order valence-corrected chi connectivity index (χ4v) is 1.51. The number of ether oxygens (including phenoxy) is 1. The first-order chi connectivity index (χ1) is 7.27. The van der Waals surface area contributed by atoms with Crippen LogP contribution in [0.5, 0.6) is 5.75 Å². The van der Waals surface area contributed by atoms with Gasteiger partial charge in [-0.1, -0.05) is 25.5 Å². The minimum Gasteiger partial charge on any atom is -0.497 e. The average Bonchev–Trinajstić information content (AvgIpc) is 2.29. The second-order valence-electron chi connectivity index (χ2n) is 3.80. The van der Waals surface area contributed by atoms with Gasteiger partial charge in [-0.2, -0.15) is 0 Å². The summed E-state index contributed by atoms with van der Waals surface area (Å²) in [6.07, 6.45) is 2.48. The van der Waals surface area contributed by atoms with E-state index in [0.29, 0.717) is 6.04 Å². The van der Waals surface area contributed by atoms with Crippen LogP contribution in [0.2, 0.25) is 0 Å². The Balaban J connectivity index is 2.46. The van der Waals surface area contributed by atoms with Crippen LogP contribution < -0.4 is 10.1 Å². The van der Waals surface area contributed by atoms with Crippen molar-refractivity contribution in [2.75, 3.05) is 13.7 Å². The third-order valence-corrected chi connectivity index (χ3v) is 2.60. The molecule has 0 aliphatic carbocycles. The highest BCUT2D eigenvalue weighted by atomic mass is 16.5. The predicted molar refractivity (Wildman–Crippen MR) is 64.3 cm³/mol. The summed E-state index contributed by atoms with van der Waals surface area (Å²) in [7, 11) is 1.69. The second-order valence-corrected chi connectivity index (χ2v) is 3.80. The van der Waals surface area contributed by atoms with Crippen LogP contribution in [0.3, 0.4) is 0 Å². The van der Waals surface area contributed by atoms with Crippen molar-refractivity contribution in [1.82, 2.24) is 5.32 Å². The summed E-state index contributed by atoms with van der Waals surface area (Å²) in [5.74, 6) is 0.916. The largest absolute Gasteiger partial charge is 0.497 e. The molecule has 1 N–H and O–H groups in total. The Morgan fingerprint density at radius 2 is 1.93 bits per heavy atom. The molecule has 1 unspecified atom stereocenters. The molecule has 84 valence electrons. The minimum atomic E-state index is 0.419. The van der Waals surface area contributed by atoms with Crippen molar-refractivity contribution in [3.05, 3.63) is 29.8 Å². The van der Waals surface area contributed by atoms with Crippen LogP contribution in [-0.4, -0.2) is 13.7 Å².